The average Bonchev–Trinajstić information content (AvgIpc) is 2.70. The molecule has 2 aliphatic heterocycles. The normalized spacial score (nSPS) is 30.7. The molecule has 0 bridgehead atoms. The lowest BCUT2D eigenvalue weighted by atomic mass is 10.0. The summed E-state index contributed by atoms with van der Waals surface area (Å²) in [5, 5.41) is 0. The fraction of sp³-hybridized carbons (Fsp3) is 1.00. The van der Waals surface area contributed by atoms with Crippen molar-refractivity contribution < 1.29 is 8.42 Å². The SMILES string of the molecule is CC(C)(CN)N1CCN(C2CCS(=O)(=O)C2)CC1. The van der Waals surface area contributed by atoms with E-state index in [9.17, 15) is 8.42 Å². The average molecular weight is 275 g/mol. The molecule has 0 aromatic rings. The minimum atomic E-state index is -2.77. The maximum atomic E-state index is 11.5. The number of piperazine rings is 1. The summed E-state index contributed by atoms with van der Waals surface area (Å²) in [7, 11) is -2.77. The van der Waals surface area contributed by atoms with Crippen LogP contribution in [-0.2, 0) is 9.84 Å². The quantitative estimate of drug-likeness (QED) is 0.754. The molecule has 0 saturated carbocycles. The molecular formula is C12H25N3O2S. The van der Waals surface area contributed by atoms with Gasteiger partial charge in [0.2, 0.25) is 0 Å². The summed E-state index contributed by atoms with van der Waals surface area (Å²) in [5.74, 6) is 0.722. The van der Waals surface area contributed by atoms with Gasteiger partial charge in [-0.1, -0.05) is 0 Å². The molecule has 2 N–H and O–H groups in total. The lowest BCUT2D eigenvalue weighted by Crippen LogP contribution is -2.58. The van der Waals surface area contributed by atoms with Crippen molar-refractivity contribution in [2.45, 2.75) is 31.8 Å². The molecule has 2 heterocycles. The van der Waals surface area contributed by atoms with Gasteiger partial charge < -0.3 is 5.73 Å². The van der Waals surface area contributed by atoms with Gasteiger partial charge in [0.25, 0.3) is 0 Å². The summed E-state index contributed by atoms with van der Waals surface area (Å²) in [6, 6.07) is 0.248. The van der Waals surface area contributed by atoms with Gasteiger partial charge in [-0.05, 0) is 20.3 Å². The Hall–Kier alpha value is -0.170. The Balaban J connectivity index is 1.88. The van der Waals surface area contributed by atoms with Crippen molar-refractivity contribution in [1.82, 2.24) is 9.80 Å². The highest BCUT2D eigenvalue weighted by Gasteiger charge is 2.35. The molecule has 0 spiro atoms. The maximum Gasteiger partial charge on any atom is 0.151 e. The summed E-state index contributed by atoms with van der Waals surface area (Å²) in [5.41, 5.74) is 5.84. The molecule has 0 aromatic heterocycles. The van der Waals surface area contributed by atoms with Crippen LogP contribution in [0.1, 0.15) is 20.3 Å². The van der Waals surface area contributed by atoms with E-state index in [0.717, 1.165) is 32.6 Å². The number of hydrogen-bond donors (Lipinski definition) is 1. The third kappa shape index (κ3) is 3.04. The van der Waals surface area contributed by atoms with Crippen molar-refractivity contribution >= 4 is 9.84 Å². The van der Waals surface area contributed by atoms with Crippen LogP contribution in [0.2, 0.25) is 0 Å². The van der Waals surface area contributed by atoms with Crippen LogP contribution in [0.5, 0.6) is 0 Å². The molecule has 2 saturated heterocycles. The van der Waals surface area contributed by atoms with E-state index in [2.05, 4.69) is 23.6 Å². The predicted octanol–water partition coefficient (Wildman–Crippen LogP) is -0.472. The number of sulfone groups is 1. The van der Waals surface area contributed by atoms with Gasteiger partial charge >= 0.3 is 0 Å². The molecule has 106 valence electrons. The molecule has 0 aromatic carbocycles. The fourth-order valence-corrected chi connectivity index (χ4v) is 4.65. The molecule has 2 rings (SSSR count). The fourth-order valence-electron chi connectivity index (χ4n) is 2.88. The van der Waals surface area contributed by atoms with Crippen LogP contribution in [0.15, 0.2) is 0 Å². The van der Waals surface area contributed by atoms with Crippen LogP contribution in [0.25, 0.3) is 0 Å². The standard InChI is InChI=1S/C12H25N3O2S/c1-12(2,10-13)15-6-4-14(5-7-15)11-3-8-18(16,17)9-11/h11H,3-10,13H2,1-2H3. The Kier molecular flexibility index (Phi) is 4.02. The minimum Gasteiger partial charge on any atom is -0.329 e. The Labute approximate surface area is 110 Å². The van der Waals surface area contributed by atoms with E-state index >= 15 is 0 Å². The zero-order valence-electron chi connectivity index (χ0n) is 11.4. The highest BCUT2D eigenvalue weighted by atomic mass is 32.2. The summed E-state index contributed by atoms with van der Waals surface area (Å²) < 4.78 is 23.0. The molecule has 0 radical (unpaired) electrons. The molecule has 0 aliphatic carbocycles. The Morgan fingerprint density at radius 3 is 2.28 bits per heavy atom. The Morgan fingerprint density at radius 2 is 1.83 bits per heavy atom. The molecule has 1 unspecified atom stereocenters. The van der Waals surface area contributed by atoms with Crippen LogP contribution in [0.4, 0.5) is 0 Å². The molecule has 6 heteroatoms. The van der Waals surface area contributed by atoms with Gasteiger partial charge in [-0.3, -0.25) is 9.80 Å². The van der Waals surface area contributed by atoms with Crippen LogP contribution in [-0.4, -0.2) is 74.0 Å². The smallest absolute Gasteiger partial charge is 0.151 e. The van der Waals surface area contributed by atoms with Crippen molar-refractivity contribution in [3.63, 3.8) is 0 Å². The van der Waals surface area contributed by atoms with E-state index in [1.165, 1.54) is 0 Å². The Morgan fingerprint density at radius 1 is 1.22 bits per heavy atom. The van der Waals surface area contributed by atoms with Crippen LogP contribution < -0.4 is 5.73 Å². The number of nitrogens with zero attached hydrogens (tertiary/aromatic N) is 2. The number of hydrogen-bond acceptors (Lipinski definition) is 5. The van der Waals surface area contributed by atoms with Crippen molar-refractivity contribution in [3.8, 4) is 0 Å². The largest absolute Gasteiger partial charge is 0.329 e. The molecule has 2 aliphatic rings. The van der Waals surface area contributed by atoms with Crippen molar-refractivity contribution in [2.24, 2.45) is 5.73 Å². The zero-order valence-corrected chi connectivity index (χ0v) is 12.2. The second kappa shape index (κ2) is 5.07. The minimum absolute atomic E-state index is 0.0494. The second-order valence-electron chi connectivity index (χ2n) is 6.10. The lowest BCUT2D eigenvalue weighted by molar-refractivity contribution is 0.0424. The third-order valence-electron chi connectivity index (χ3n) is 4.39. The van der Waals surface area contributed by atoms with Gasteiger partial charge in [-0.15, -0.1) is 0 Å². The number of nitrogens with two attached hydrogens (primary N) is 1. The highest BCUT2D eigenvalue weighted by molar-refractivity contribution is 7.91. The zero-order chi connectivity index (χ0) is 13.4. The predicted molar refractivity (Wildman–Crippen MR) is 73.3 cm³/mol. The Bertz CT molecular complexity index is 386. The first-order valence-electron chi connectivity index (χ1n) is 6.74. The molecule has 2 fully saturated rings. The van der Waals surface area contributed by atoms with Crippen molar-refractivity contribution in [3.05, 3.63) is 0 Å². The first-order chi connectivity index (χ1) is 8.34. The van der Waals surface area contributed by atoms with Gasteiger partial charge in [-0.2, -0.15) is 0 Å². The third-order valence-corrected chi connectivity index (χ3v) is 6.15. The first-order valence-corrected chi connectivity index (χ1v) is 8.56. The van der Waals surface area contributed by atoms with Gasteiger partial charge in [0.15, 0.2) is 9.84 Å². The van der Waals surface area contributed by atoms with E-state index in [4.69, 9.17) is 5.73 Å². The van der Waals surface area contributed by atoms with E-state index in [0.29, 0.717) is 18.1 Å². The summed E-state index contributed by atoms with van der Waals surface area (Å²) in [4.78, 5) is 4.75. The molecule has 1 atom stereocenters. The highest BCUT2D eigenvalue weighted by Crippen LogP contribution is 2.21. The van der Waals surface area contributed by atoms with E-state index in [-0.39, 0.29) is 11.6 Å². The molecular weight excluding hydrogens is 250 g/mol. The summed E-state index contributed by atoms with van der Waals surface area (Å²) in [6.45, 7) is 8.89. The van der Waals surface area contributed by atoms with Gasteiger partial charge in [0.05, 0.1) is 11.5 Å². The second-order valence-corrected chi connectivity index (χ2v) is 8.33. The molecule has 18 heavy (non-hydrogen) atoms. The van der Waals surface area contributed by atoms with Gasteiger partial charge in [-0.25, -0.2) is 8.42 Å². The van der Waals surface area contributed by atoms with Crippen LogP contribution in [0.3, 0.4) is 0 Å². The monoisotopic (exact) mass is 275 g/mol. The summed E-state index contributed by atoms with van der Waals surface area (Å²) >= 11 is 0. The van der Waals surface area contributed by atoms with Crippen molar-refractivity contribution in [2.75, 3.05) is 44.2 Å². The maximum absolute atomic E-state index is 11.5. The summed E-state index contributed by atoms with van der Waals surface area (Å²) in [6.07, 6.45) is 0.808. The molecule has 0 amide bonds. The van der Waals surface area contributed by atoms with E-state index < -0.39 is 9.84 Å². The van der Waals surface area contributed by atoms with Crippen LogP contribution >= 0.6 is 0 Å². The van der Waals surface area contributed by atoms with E-state index in [1.807, 2.05) is 0 Å². The topological polar surface area (TPSA) is 66.6 Å². The number of rotatable bonds is 3. The molecule has 5 nitrogen and oxygen atoms in total. The van der Waals surface area contributed by atoms with Crippen LogP contribution in [0, 0.1) is 0 Å². The van der Waals surface area contributed by atoms with E-state index in [1.54, 1.807) is 0 Å². The lowest BCUT2D eigenvalue weighted by Gasteiger charge is -2.45. The van der Waals surface area contributed by atoms with Gasteiger partial charge in [0.1, 0.15) is 0 Å². The first kappa shape index (κ1) is 14.2. The van der Waals surface area contributed by atoms with Crippen molar-refractivity contribution in [1.29, 1.82) is 0 Å². The van der Waals surface area contributed by atoms with Gasteiger partial charge in [0, 0.05) is 44.3 Å².